The number of aromatic nitrogens is 1. The van der Waals surface area contributed by atoms with E-state index in [1.165, 1.54) is 0 Å². The Hall–Kier alpha value is -0.382. The summed E-state index contributed by atoms with van der Waals surface area (Å²) in [5.74, 6) is -0.705. The van der Waals surface area contributed by atoms with Gasteiger partial charge in [-0.2, -0.15) is 0 Å². The topological polar surface area (TPSA) is 50.2 Å². The fourth-order valence-electron chi connectivity index (χ4n) is 1.40. The van der Waals surface area contributed by atoms with Gasteiger partial charge in [-0.25, -0.2) is 0 Å². The van der Waals surface area contributed by atoms with E-state index < -0.39 is 21.7 Å². The molecule has 0 saturated heterocycles. The molecule has 0 amide bonds. The van der Waals surface area contributed by atoms with Crippen LogP contribution in [0.1, 0.15) is 6.42 Å². The minimum atomic E-state index is -0.705. The van der Waals surface area contributed by atoms with Crippen LogP contribution in [0, 0.1) is 0 Å². The van der Waals surface area contributed by atoms with E-state index in [2.05, 4.69) is 20.9 Å². The molecule has 6 heteroatoms. The van der Waals surface area contributed by atoms with Crippen molar-refractivity contribution in [3.63, 3.8) is 0 Å². The number of carboxylic acids is 1. The number of halogens is 1. The fourth-order valence-corrected chi connectivity index (χ4v) is 6.67. The molecule has 0 unspecified atom stereocenters. The summed E-state index contributed by atoms with van der Waals surface area (Å²) in [5.41, 5.74) is 0.978. The van der Waals surface area contributed by atoms with Crippen LogP contribution in [0.15, 0.2) is 24.3 Å². The molecule has 0 spiro atoms. The molecule has 89 valence electrons. The third kappa shape index (κ3) is 3.30. The number of hydrogen-bond donors (Lipinski definition) is 1. The van der Waals surface area contributed by atoms with Gasteiger partial charge >= 0.3 is 119 Å². The molecule has 0 fully saturated rings. The number of para-hydroxylation sites is 1. The van der Waals surface area contributed by atoms with Gasteiger partial charge in [-0.3, -0.25) is 0 Å². The van der Waals surface area contributed by atoms with Crippen molar-refractivity contribution in [2.24, 2.45) is 0 Å². The van der Waals surface area contributed by atoms with Crippen molar-refractivity contribution in [3.8, 4) is 0 Å². The molecule has 1 N–H and O–H groups in total. The van der Waals surface area contributed by atoms with E-state index in [1.54, 1.807) is 11.3 Å². The first kappa shape index (κ1) is 13.1. The van der Waals surface area contributed by atoms with E-state index in [0.717, 1.165) is 19.3 Å². The Morgan fingerprint density at radius 2 is 2.29 bits per heavy atom. The molecule has 2 rings (SSSR count). The number of nitrogens with zero attached hydrogens (tertiary/aromatic N) is 1. The number of rotatable bonds is 5. The van der Waals surface area contributed by atoms with Crippen molar-refractivity contribution in [2.45, 2.75) is 11.1 Å². The molecule has 17 heavy (non-hydrogen) atoms. The first-order chi connectivity index (χ1) is 8.20. The van der Waals surface area contributed by atoms with Crippen molar-refractivity contribution in [2.75, 3.05) is 5.33 Å². The number of thiazole rings is 1. The standard InChI is InChI=1S/C11H10AsBrNO2S/c13-6-5-7(10(15)16)12-11-14-8-3-1-2-4-9(8)17-11/h1-4,7H,5-6H2,(H,15,16)/t7-/m0/s1. The van der Waals surface area contributed by atoms with Crippen molar-refractivity contribution in [3.05, 3.63) is 24.3 Å². The van der Waals surface area contributed by atoms with Gasteiger partial charge in [0, 0.05) is 0 Å². The van der Waals surface area contributed by atoms with Gasteiger partial charge in [-0.15, -0.1) is 0 Å². The van der Waals surface area contributed by atoms with Crippen LogP contribution in [0.5, 0.6) is 0 Å². The van der Waals surface area contributed by atoms with E-state index in [1.807, 2.05) is 24.3 Å². The SMILES string of the molecule is O=C(O)[C@H](CCBr)[As]c1nc2ccccc2s1. The van der Waals surface area contributed by atoms with Crippen LogP contribution in [0.25, 0.3) is 10.2 Å². The zero-order valence-electron chi connectivity index (χ0n) is 8.84. The Labute approximate surface area is 118 Å². The van der Waals surface area contributed by atoms with Gasteiger partial charge in [0.05, 0.1) is 0 Å². The number of hydrogen-bond acceptors (Lipinski definition) is 3. The second-order valence-corrected chi connectivity index (χ2v) is 8.65. The molecule has 1 aromatic carbocycles. The van der Waals surface area contributed by atoms with E-state index in [9.17, 15) is 4.79 Å². The third-order valence-corrected chi connectivity index (χ3v) is 6.97. The first-order valence-corrected chi connectivity index (χ1v) is 9.02. The third-order valence-electron chi connectivity index (χ3n) is 2.22. The Balaban J connectivity index is 2.19. The predicted octanol–water partition coefficient (Wildman–Crippen LogP) is 2.28. The van der Waals surface area contributed by atoms with E-state index in [4.69, 9.17) is 5.11 Å². The summed E-state index contributed by atoms with van der Waals surface area (Å²) >= 11 is 4.52. The number of carbonyl (C=O) groups is 1. The summed E-state index contributed by atoms with van der Waals surface area (Å²) < 4.78 is 1.88. The summed E-state index contributed by atoms with van der Waals surface area (Å²) in [7, 11) is 0. The first-order valence-electron chi connectivity index (χ1n) is 5.06. The quantitative estimate of drug-likeness (QED) is 0.645. The maximum absolute atomic E-state index is 11.1. The van der Waals surface area contributed by atoms with Crippen LogP contribution >= 0.6 is 27.3 Å². The summed E-state index contributed by atoms with van der Waals surface area (Å²) in [6.45, 7) is 0. The molecule has 0 saturated carbocycles. The van der Waals surface area contributed by atoms with Gasteiger partial charge in [-0.1, -0.05) is 0 Å². The number of carboxylic acid groups (broad SMARTS) is 1. The van der Waals surface area contributed by atoms with Gasteiger partial charge in [-0.05, 0) is 0 Å². The average Bonchev–Trinajstić information content (AvgIpc) is 2.70. The Morgan fingerprint density at radius 3 is 2.94 bits per heavy atom. The molecular weight excluding hydrogens is 365 g/mol. The van der Waals surface area contributed by atoms with Crippen LogP contribution in [0.3, 0.4) is 0 Å². The number of benzene rings is 1. The van der Waals surface area contributed by atoms with Gasteiger partial charge in [0.2, 0.25) is 0 Å². The average molecular weight is 375 g/mol. The van der Waals surface area contributed by atoms with Crippen molar-refractivity contribution < 1.29 is 9.90 Å². The normalized spacial score (nSPS) is 13.5. The Morgan fingerprint density at radius 1 is 1.53 bits per heavy atom. The van der Waals surface area contributed by atoms with Crippen LogP contribution in [-0.4, -0.2) is 37.1 Å². The molecule has 1 atom stereocenters. The summed E-state index contributed by atoms with van der Waals surface area (Å²) in [6, 6.07) is 7.93. The fraction of sp³-hybridized carbons (Fsp3) is 0.273. The van der Waals surface area contributed by atoms with E-state index >= 15 is 0 Å². The van der Waals surface area contributed by atoms with Gasteiger partial charge in [0.25, 0.3) is 0 Å². The van der Waals surface area contributed by atoms with Gasteiger partial charge < -0.3 is 0 Å². The Kier molecular flexibility index (Phi) is 4.60. The number of fused-ring (bicyclic) bond motifs is 1. The summed E-state index contributed by atoms with van der Waals surface area (Å²) in [4.78, 5) is 15.6. The maximum atomic E-state index is 11.1. The van der Waals surface area contributed by atoms with Crippen molar-refractivity contribution >= 4 is 63.0 Å². The summed E-state index contributed by atoms with van der Waals surface area (Å²) in [5, 5.41) is 9.85. The zero-order chi connectivity index (χ0) is 12.3. The number of alkyl halides is 1. The second-order valence-electron chi connectivity index (χ2n) is 3.42. The molecule has 0 bridgehead atoms. The Bertz CT molecular complexity index is 498. The van der Waals surface area contributed by atoms with Crippen LogP contribution in [0.2, 0.25) is 4.71 Å². The molecule has 0 aliphatic heterocycles. The molecule has 0 aliphatic carbocycles. The summed E-state index contributed by atoms with van der Waals surface area (Å²) in [6.07, 6.45) is 0.672. The molecule has 1 heterocycles. The molecule has 2 aromatic rings. The molecule has 3 nitrogen and oxygen atoms in total. The van der Waals surface area contributed by atoms with E-state index in [0.29, 0.717) is 6.42 Å². The van der Waals surface area contributed by atoms with Gasteiger partial charge in [0.15, 0.2) is 0 Å². The van der Waals surface area contributed by atoms with Crippen molar-refractivity contribution in [1.29, 1.82) is 0 Å². The van der Waals surface area contributed by atoms with E-state index in [-0.39, 0.29) is 4.71 Å². The second kappa shape index (κ2) is 5.98. The van der Waals surface area contributed by atoms with Gasteiger partial charge in [0.1, 0.15) is 0 Å². The number of aliphatic carboxylic acids is 1. The molecule has 1 aromatic heterocycles. The monoisotopic (exact) mass is 374 g/mol. The van der Waals surface area contributed by atoms with Crippen LogP contribution in [-0.2, 0) is 4.79 Å². The molecule has 0 aliphatic rings. The predicted molar refractivity (Wildman–Crippen MR) is 74.8 cm³/mol. The molecular formula is C11H10AsBrNO2S. The van der Waals surface area contributed by atoms with Crippen molar-refractivity contribution in [1.82, 2.24) is 4.98 Å². The van der Waals surface area contributed by atoms with Crippen LogP contribution in [0.4, 0.5) is 0 Å². The minimum absolute atomic E-state index is 0.258. The zero-order valence-corrected chi connectivity index (χ0v) is 13.1. The van der Waals surface area contributed by atoms with Crippen LogP contribution < -0.4 is 3.80 Å². The molecule has 1 radical (unpaired) electrons.